The number of thioether (sulfide) groups is 1. The van der Waals surface area contributed by atoms with Crippen LogP contribution in [0, 0.1) is 0 Å². The van der Waals surface area contributed by atoms with E-state index in [2.05, 4.69) is 31.6 Å². The number of anilines is 1. The molecule has 8 heteroatoms. The number of hydrogen-bond acceptors (Lipinski definition) is 7. The number of benzene rings is 1. The van der Waals surface area contributed by atoms with Crippen molar-refractivity contribution in [3.8, 4) is 0 Å². The van der Waals surface area contributed by atoms with Crippen LogP contribution in [-0.4, -0.2) is 31.0 Å². The summed E-state index contributed by atoms with van der Waals surface area (Å²) < 4.78 is 4.19. The summed E-state index contributed by atoms with van der Waals surface area (Å²) in [6, 6.07) is 7.42. The van der Waals surface area contributed by atoms with Gasteiger partial charge in [-0.15, -0.1) is 0 Å². The zero-order valence-electron chi connectivity index (χ0n) is 11.8. The number of carbonyl (C=O) groups is 1. The highest BCUT2D eigenvalue weighted by molar-refractivity contribution is 7.99. The van der Waals surface area contributed by atoms with Gasteiger partial charge in [0.2, 0.25) is 10.3 Å². The molecule has 6 nitrogen and oxygen atoms in total. The van der Waals surface area contributed by atoms with Gasteiger partial charge in [-0.25, -0.2) is 4.98 Å². The quantitative estimate of drug-likeness (QED) is 0.723. The van der Waals surface area contributed by atoms with Crippen LogP contribution in [0.1, 0.15) is 23.8 Å². The van der Waals surface area contributed by atoms with Crippen molar-refractivity contribution in [1.82, 2.24) is 19.3 Å². The van der Waals surface area contributed by atoms with Crippen LogP contribution in [-0.2, 0) is 0 Å². The molecule has 0 saturated heterocycles. The fourth-order valence-corrected chi connectivity index (χ4v) is 3.13. The van der Waals surface area contributed by atoms with Crippen LogP contribution in [0.15, 0.2) is 35.6 Å². The molecule has 0 bridgehead atoms. The van der Waals surface area contributed by atoms with E-state index in [0.717, 1.165) is 29.2 Å². The van der Waals surface area contributed by atoms with Crippen LogP contribution in [0.25, 0.3) is 11.0 Å². The Morgan fingerprint density at radius 1 is 1.27 bits per heavy atom. The zero-order valence-corrected chi connectivity index (χ0v) is 13.4. The number of nitrogens with one attached hydrogen (secondary N) is 1. The number of amides is 1. The van der Waals surface area contributed by atoms with Crippen molar-refractivity contribution >= 4 is 45.4 Å². The Kier molecular flexibility index (Phi) is 4.59. The third-order valence-corrected chi connectivity index (χ3v) is 4.54. The van der Waals surface area contributed by atoms with Gasteiger partial charge >= 0.3 is 0 Å². The lowest BCUT2D eigenvalue weighted by atomic mass is 10.3. The molecule has 1 aromatic carbocycles. The summed E-state index contributed by atoms with van der Waals surface area (Å²) in [4.78, 5) is 25.0. The van der Waals surface area contributed by atoms with Crippen LogP contribution in [0.4, 0.5) is 5.13 Å². The average molecular weight is 331 g/mol. The minimum absolute atomic E-state index is 0.261. The Labute approximate surface area is 135 Å². The van der Waals surface area contributed by atoms with E-state index >= 15 is 0 Å². The second-order valence-electron chi connectivity index (χ2n) is 4.43. The van der Waals surface area contributed by atoms with Gasteiger partial charge in [-0.05, 0) is 18.6 Å². The third kappa shape index (κ3) is 3.40. The maximum absolute atomic E-state index is 12.2. The number of nitrogens with zero attached hydrogens (tertiary/aromatic N) is 4. The van der Waals surface area contributed by atoms with Gasteiger partial charge in [-0.2, -0.15) is 9.36 Å². The van der Waals surface area contributed by atoms with Crippen LogP contribution >= 0.6 is 23.3 Å². The monoisotopic (exact) mass is 331 g/mol. The van der Waals surface area contributed by atoms with E-state index in [0.29, 0.717) is 15.8 Å². The van der Waals surface area contributed by atoms with E-state index in [4.69, 9.17) is 0 Å². The predicted octanol–water partition coefficient (Wildman–Crippen LogP) is 3.24. The molecule has 0 spiro atoms. The van der Waals surface area contributed by atoms with E-state index in [1.807, 2.05) is 24.3 Å². The highest BCUT2D eigenvalue weighted by Crippen LogP contribution is 2.21. The van der Waals surface area contributed by atoms with Crippen molar-refractivity contribution in [1.29, 1.82) is 0 Å². The molecule has 112 valence electrons. The van der Waals surface area contributed by atoms with Crippen LogP contribution in [0.5, 0.6) is 0 Å². The predicted molar refractivity (Wildman–Crippen MR) is 88.4 cm³/mol. The lowest BCUT2D eigenvalue weighted by Gasteiger charge is -2.01. The molecule has 0 aliphatic carbocycles. The largest absolute Gasteiger partial charge is 0.295 e. The summed E-state index contributed by atoms with van der Waals surface area (Å²) in [6.45, 7) is 2.10. The number of para-hydroxylation sites is 2. The molecule has 0 atom stereocenters. The molecule has 0 fully saturated rings. The first kappa shape index (κ1) is 14.9. The van der Waals surface area contributed by atoms with Gasteiger partial charge in [0.1, 0.15) is 5.69 Å². The Hall–Kier alpha value is -2.06. The van der Waals surface area contributed by atoms with Crippen molar-refractivity contribution in [2.24, 2.45) is 0 Å². The van der Waals surface area contributed by atoms with E-state index in [1.54, 1.807) is 11.8 Å². The lowest BCUT2D eigenvalue weighted by molar-refractivity contribution is 0.102. The lowest BCUT2D eigenvalue weighted by Crippen LogP contribution is -2.14. The number of fused-ring (bicyclic) bond motifs is 1. The molecular formula is C14H13N5OS2. The average Bonchev–Trinajstić information content (AvgIpc) is 2.99. The smallest absolute Gasteiger partial charge is 0.277 e. The number of hydrogen-bond donors (Lipinski definition) is 1. The van der Waals surface area contributed by atoms with Crippen molar-refractivity contribution in [2.45, 2.75) is 18.5 Å². The van der Waals surface area contributed by atoms with Gasteiger partial charge in [0.15, 0.2) is 0 Å². The van der Waals surface area contributed by atoms with E-state index < -0.39 is 0 Å². The van der Waals surface area contributed by atoms with Gasteiger partial charge in [0, 0.05) is 17.3 Å². The molecule has 3 rings (SSSR count). The van der Waals surface area contributed by atoms with Gasteiger partial charge in [0.25, 0.3) is 5.91 Å². The Balaban J connectivity index is 1.73. The van der Waals surface area contributed by atoms with Gasteiger partial charge < -0.3 is 0 Å². The molecule has 2 heterocycles. The van der Waals surface area contributed by atoms with Gasteiger partial charge in [-0.3, -0.25) is 15.1 Å². The van der Waals surface area contributed by atoms with E-state index in [9.17, 15) is 4.79 Å². The van der Waals surface area contributed by atoms with Crippen LogP contribution in [0.3, 0.4) is 0 Å². The first-order valence-corrected chi connectivity index (χ1v) is 8.52. The topological polar surface area (TPSA) is 80.7 Å². The normalized spacial score (nSPS) is 10.8. The summed E-state index contributed by atoms with van der Waals surface area (Å²) in [5, 5.41) is 3.87. The van der Waals surface area contributed by atoms with Crippen molar-refractivity contribution in [3.63, 3.8) is 0 Å². The third-order valence-electron chi connectivity index (χ3n) is 2.74. The second kappa shape index (κ2) is 6.80. The number of carbonyl (C=O) groups excluding carboxylic acids is 1. The molecule has 0 radical (unpaired) electrons. The molecule has 1 amide bonds. The SMILES string of the molecule is CCCSc1nsc(NC(=O)c2cnc3ccccc3n2)n1. The molecule has 0 saturated carbocycles. The summed E-state index contributed by atoms with van der Waals surface area (Å²) in [5.41, 5.74) is 1.71. The van der Waals surface area contributed by atoms with Crippen LogP contribution in [0.2, 0.25) is 0 Å². The van der Waals surface area contributed by atoms with Crippen molar-refractivity contribution < 1.29 is 4.79 Å². The molecule has 0 unspecified atom stereocenters. The Bertz CT molecular complexity index is 805. The Morgan fingerprint density at radius 3 is 2.91 bits per heavy atom. The van der Waals surface area contributed by atoms with Gasteiger partial charge in [0.05, 0.1) is 17.2 Å². The second-order valence-corrected chi connectivity index (χ2v) is 6.24. The molecule has 1 N–H and O–H groups in total. The van der Waals surface area contributed by atoms with Gasteiger partial charge in [-0.1, -0.05) is 30.8 Å². The van der Waals surface area contributed by atoms with Crippen LogP contribution < -0.4 is 5.32 Å². The zero-order chi connectivity index (χ0) is 15.4. The summed E-state index contributed by atoms with van der Waals surface area (Å²) in [6.07, 6.45) is 2.52. The maximum Gasteiger partial charge on any atom is 0.277 e. The maximum atomic E-state index is 12.2. The molecule has 2 aromatic heterocycles. The summed E-state index contributed by atoms with van der Waals surface area (Å²) in [7, 11) is 0. The highest BCUT2D eigenvalue weighted by Gasteiger charge is 2.12. The first-order chi connectivity index (χ1) is 10.8. The molecule has 0 aliphatic rings. The number of rotatable bonds is 5. The highest BCUT2D eigenvalue weighted by atomic mass is 32.2. The first-order valence-electron chi connectivity index (χ1n) is 6.76. The molecular weight excluding hydrogens is 318 g/mol. The van der Waals surface area contributed by atoms with E-state index in [1.165, 1.54) is 6.20 Å². The molecule has 3 aromatic rings. The van der Waals surface area contributed by atoms with E-state index in [-0.39, 0.29) is 11.6 Å². The molecule has 22 heavy (non-hydrogen) atoms. The standard InChI is InChI=1S/C14H13N5OS2/c1-2-7-21-14-18-13(22-19-14)17-12(20)11-8-15-9-5-3-4-6-10(9)16-11/h3-6,8H,2,7H2,1H3,(H,17,18,19,20). The Morgan fingerprint density at radius 2 is 2.09 bits per heavy atom. The van der Waals surface area contributed by atoms with Crippen molar-refractivity contribution in [3.05, 3.63) is 36.2 Å². The fourth-order valence-electron chi connectivity index (χ4n) is 1.74. The minimum Gasteiger partial charge on any atom is -0.295 e. The summed E-state index contributed by atoms with van der Waals surface area (Å²) >= 11 is 2.74. The fraction of sp³-hybridized carbons (Fsp3) is 0.214. The summed E-state index contributed by atoms with van der Waals surface area (Å²) in [5.74, 6) is 0.627. The minimum atomic E-state index is -0.332. The van der Waals surface area contributed by atoms with Crippen molar-refractivity contribution in [2.75, 3.05) is 11.1 Å². The number of aromatic nitrogens is 4. The molecule has 0 aliphatic heterocycles.